The molecule has 202 valence electrons. The van der Waals surface area contributed by atoms with Crippen LogP contribution in [0, 0.1) is 11.8 Å². The zero-order chi connectivity index (χ0) is 26.6. The van der Waals surface area contributed by atoms with E-state index in [1.54, 1.807) is 21.1 Å². The van der Waals surface area contributed by atoms with Gasteiger partial charge in [0.2, 0.25) is 11.8 Å². The third kappa shape index (κ3) is 5.85. The van der Waals surface area contributed by atoms with Gasteiger partial charge >= 0.3 is 0 Å². The van der Waals surface area contributed by atoms with Gasteiger partial charge in [-0.25, -0.2) is 0 Å². The van der Waals surface area contributed by atoms with E-state index in [1.165, 1.54) is 17.7 Å². The maximum absolute atomic E-state index is 13.1. The lowest BCUT2D eigenvalue weighted by atomic mass is 10.0. The zero-order valence-corrected chi connectivity index (χ0v) is 22.9. The smallest absolute Gasteiger partial charge is 0.251 e. The van der Waals surface area contributed by atoms with Crippen molar-refractivity contribution < 1.29 is 19.2 Å². The lowest BCUT2D eigenvalue weighted by Crippen LogP contribution is -2.44. The fraction of sp³-hybridized carbons (Fsp3) is 0.533. The molecule has 38 heavy (non-hydrogen) atoms. The van der Waals surface area contributed by atoms with Crippen molar-refractivity contribution in [1.82, 2.24) is 15.1 Å². The average molecular weight is 536 g/mol. The van der Waals surface area contributed by atoms with Crippen LogP contribution in [0.2, 0.25) is 0 Å². The van der Waals surface area contributed by atoms with Crippen molar-refractivity contribution in [2.45, 2.75) is 70.4 Å². The molecule has 1 N–H and O–H groups in total. The van der Waals surface area contributed by atoms with Crippen LogP contribution >= 0.6 is 11.3 Å². The highest BCUT2D eigenvalue weighted by molar-refractivity contribution is 7.13. The average Bonchev–Trinajstić information content (AvgIpc) is 3.71. The largest absolute Gasteiger partial charge is 0.352 e. The first-order valence-corrected chi connectivity index (χ1v) is 14.8. The zero-order valence-electron chi connectivity index (χ0n) is 22.1. The van der Waals surface area contributed by atoms with E-state index in [0.717, 1.165) is 18.4 Å². The third-order valence-corrected chi connectivity index (χ3v) is 9.32. The first-order valence-electron chi connectivity index (χ1n) is 13.9. The minimum absolute atomic E-state index is 0.00867. The van der Waals surface area contributed by atoms with Gasteiger partial charge in [-0.1, -0.05) is 38.0 Å². The van der Waals surface area contributed by atoms with Gasteiger partial charge in [0.05, 0.1) is 12.6 Å². The fourth-order valence-corrected chi connectivity index (χ4v) is 7.01. The van der Waals surface area contributed by atoms with Crippen molar-refractivity contribution in [1.29, 1.82) is 0 Å². The van der Waals surface area contributed by atoms with E-state index in [1.807, 2.05) is 42.6 Å². The Bertz CT molecular complexity index is 1160. The molecule has 0 spiro atoms. The van der Waals surface area contributed by atoms with Gasteiger partial charge in [0, 0.05) is 36.4 Å². The van der Waals surface area contributed by atoms with Crippen LogP contribution in [0.5, 0.6) is 0 Å². The van der Waals surface area contributed by atoms with Gasteiger partial charge < -0.3 is 15.1 Å². The van der Waals surface area contributed by atoms with E-state index >= 15 is 0 Å². The predicted octanol–water partition coefficient (Wildman–Crippen LogP) is 4.52. The molecule has 3 amide bonds. The number of nitrogens with one attached hydrogen (secondary N) is 1. The van der Waals surface area contributed by atoms with Gasteiger partial charge in [-0.2, -0.15) is 0 Å². The van der Waals surface area contributed by atoms with E-state index < -0.39 is 6.04 Å². The summed E-state index contributed by atoms with van der Waals surface area (Å²) in [5.74, 6) is 0.437. The number of hydrogen-bond donors (Lipinski definition) is 1. The van der Waals surface area contributed by atoms with Crippen molar-refractivity contribution in [2.24, 2.45) is 11.8 Å². The number of amides is 3. The van der Waals surface area contributed by atoms with Gasteiger partial charge in [-0.05, 0) is 66.7 Å². The van der Waals surface area contributed by atoms with E-state index in [2.05, 4.69) is 11.4 Å². The monoisotopic (exact) mass is 535 g/mol. The second kappa shape index (κ2) is 11.8. The quantitative estimate of drug-likeness (QED) is 0.512. The molecule has 2 aliphatic heterocycles. The van der Waals surface area contributed by atoms with Crippen molar-refractivity contribution >= 4 is 34.8 Å². The number of thiophene rings is 1. The minimum atomic E-state index is -0.487. The third-order valence-electron chi connectivity index (χ3n) is 8.40. The van der Waals surface area contributed by atoms with Crippen molar-refractivity contribution in [2.75, 3.05) is 19.6 Å². The lowest BCUT2D eigenvalue weighted by molar-refractivity contribution is -0.137. The molecule has 3 atom stereocenters. The van der Waals surface area contributed by atoms with Crippen LogP contribution in [0.1, 0.15) is 68.6 Å². The Balaban J connectivity index is 1.07. The number of carbonyl (C=O) groups excluding carboxylic acids is 4. The Labute approximate surface area is 228 Å². The molecule has 0 bridgehead atoms. The van der Waals surface area contributed by atoms with Gasteiger partial charge in [0.25, 0.3) is 5.91 Å². The van der Waals surface area contributed by atoms with Crippen molar-refractivity contribution in [3.05, 3.63) is 47.3 Å². The van der Waals surface area contributed by atoms with Gasteiger partial charge in [0.15, 0.2) is 5.78 Å². The molecule has 3 fully saturated rings. The van der Waals surface area contributed by atoms with Crippen LogP contribution in [0.4, 0.5) is 0 Å². The molecule has 3 aliphatic rings. The van der Waals surface area contributed by atoms with E-state index in [4.69, 9.17) is 0 Å². The Hall–Kier alpha value is -3.00. The predicted molar refractivity (Wildman–Crippen MR) is 148 cm³/mol. The van der Waals surface area contributed by atoms with Gasteiger partial charge in [-0.15, -0.1) is 11.3 Å². The number of benzene rings is 1. The number of rotatable bonds is 9. The molecular formula is C30H37N3O4S. The highest BCUT2D eigenvalue weighted by Gasteiger charge is 2.51. The normalized spacial score (nSPS) is 22.1. The van der Waals surface area contributed by atoms with E-state index in [0.29, 0.717) is 50.3 Å². The number of likely N-dealkylation sites (tertiary alicyclic amines) is 2. The second-order valence-corrected chi connectivity index (χ2v) is 12.1. The maximum atomic E-state index is 13.1. The van der Waals surface area contributed by atoms with E-state index in [9.17, 15) is 19.2 Å². The molecule has 2 saturated heterocycles. The van der Waals surface area contributed by atoms with Crippen LogP contribution in [-0.2, 0) is 14.4 Å². The highest BCUT2D eigenvalue weighted by atomic mass is 32.1. The number of carbonyl (C=O) groups is 4. The SMILES string of the molecule is CC(CCNC(=O)c1ccc(-c2cccs2)cc1)CC(=O)N1CCC2C1C(=O)CN2C(=O)CC1CCCC1. The number of Topliss-reactive ketones (excluding diaryl/α,β-unsaturated/α-hetero) is 1. The Morgan fingerprint density at radius 3 is 2.50 bits per heavy atom. The molecule has 0 radical (unpaired) electrons. The summed E-state index contributed by atoms with van der Waals surface area (Å²) in [5.41, 5.74) is 1.71. The standard InChI is InChI=1S/C30H37N3O4S/c1-20(12-14-31-30(37)23-10-8-22(9-11-23)26-7-4-16-38-26)17-27(35)32-15-13-24-29(32)25(34)19-33(24)28(36)18-21-5-2-3-6-21/h4,7-11,16,20-21,24,29H,2-3,5-6,12-15,17-19H2,1H3,(H,31,37). The summed E-state index contributed by atoms with van der Waals surface area (Å²) in [7, 11) is 0. The van der Waals surface area contributed by atoms with Crippen LogP contribution in [0.25, 0.3) is 10.4 Å². The number of ketones is 1. The fourth-order valence-electron chi connectivity index (χ4n) is 6.28. The Morgan fingerprint density at radius 1 is 1.03 bits per heavy atom. The molecule has 1 aromatic carbocycles. The molecule has 5 rings (SSSR count). The summed E-state index contributed by atoms with van der Waals surface area (Å²) in [5, 5.41) is 4.99. The lowest BCUT2D eigenvalue weighted by Gasteiger charge is -2.26. The first kappa shape index (κ1) is 26.6. The molecule has 1 aromatic heterocycles. The second-order valence-electron chi connectivity index (χ2n) is 11.1. The van der Waals surface area contributed by atoms with Crippen LogP contribution in [0.3, 0.4) is 0 Å². The topological polar surface area (TPSA) is 86.8 Å². The van der Waals surface area contributed by atoms with E-state index in [-0.39, 0.29) is 42.0 Å². The summed E-state index contributed by atoms with van der Waals surface area (Å²) >= 11 is 1.67. The minimum Gasteiger partial charge on any atom is -0.352 e. The number of fused-ring (bicyclic) bond motifs is 1. The van der Waals surface area contributed by atoms with Gasteiger partial charge in [0.1, 0.15) is 6.04 Å². The molecule has 1 saturated carbocycles. The van der Waals surface area contributed by atoms with Crippen molar-refractivity contribution in [3.63, 3.8) is 0 Å². The van der Waals surface area contributed by atoms with Crippen LogP contribution < -0.4 is 5.32 Å². The molecule has 2 aromatic rings. The maximum Gasteiger partial charge on any atom is 0.251 e. The van der Waals surface area contributed by atoms with Gasteiger partial charge in [-0.3, -0.25) is 19.2 Å². The summed E-state index contributed by atoms with van der Waals surface area (Å²) in [6.45, 7) is 3.15. The summed E-state index contributed by atoms with van der Waals surface area (Å²) in [4.78, 5) is 56.1. The number of hydrogen-bond acceptors (Lipinski definition) is 5. The van der Waals surface area contributed by atoms with Crippen LogP contribution in [0.15, 0.2) is 41.8 Å². The summed E-state index contributed by atoms with van der Waals surface area (Å²) in [6.07, 6.45) is 6.80. The van der Waals surface area contributed by atoms with Crippen LogP contribution in [-0.4, -0.2) is 65.0 Å². The summed E-state index contributed by atoms with van der Waals surface area (Å²) in [6, 6.07) is 11.0. The summed E-state index contributed by atoms with van der Waals surface area (Å²) < 4.78 is 0. The number of nitrogens with zero attached hydrogens (tertiary/aromatic N) is 2. The molecule has 3 unspecified atom stereocenters. The first-order chi connectivity index (χ1) is 18.4. The molecule has 8 heteroatoms. The molecule has 7 nitrogen and oxygen atoms in total. The molecule has 3 heterocycles. The molecular weight excluding hydrogens is 498 g/mol. The Morgan fingerprint density at radius 2 is 1.79 bits per heavy atom. The highest BCUT2D eigenvalue weighted by Crippen LogP contribution is 2.34. The Kier molecular flexibility index (Phi) is 8.27. The molecule has 1 aliphatic carbocycles. The van der Waals surface area contributed by atoms with Crippen molar-refractivity contribution in [3.8, 4) is 10.4 Å².